The van der Waals surface area contributed by atoms with Gasteiger partial charge >= 0.3 is 0 Å². The van der Waals surface area contributed by atoms with E-state index in [0.717, 1.165) is 17.9 Å². The molecule has 1 aliphatic rings. The molecule has 0 bridgehead atoms. The van der Waals surface area contributed by atoms with Crippen LogP contribution >= 0.6 is 0 Å². The topological polar surface area (TPSA) is 12.0 Å². The van der Waals surface area contributed by atoms with Crippen molar-refractivity contribution >= 4 is 8.07 Å². The molecule has 0 aromatic carbocycles. The average Bonchev–Trinajstić information content (AvgIpc) is 2.06. The fraction of sp³-hybridized carbons (Fsp3) is 1.00. The van der Waals surface area contributed by atoms with Crippen LogP contribution in [0.4, 0.5) is 0 Å². The van der Waals surface area contributed by atoms with Crippen molar-refractivity contribution in [2.24, 2.45) is 11.8 Å². The van der Waals surface area contributed by atoms with E-state index in [0.29, 0.717) is 0 Å². The molecule has 0 aliphatic heterocycles. The van der Waals surface area contributed by atoms with E-state index in [1.165, 1.54) is 25.4 Å². The van der Waals surface area contributed by atoms with E-state index in [2.05, 4.69) is 38.8 Å². The molecule has 1 rings (SSSR count). The van der Waals surface area contributed by atoms with Crippen molar-refractivity contribution in [2.75, 3.05) is 6.17 Å². The van der Waals surface area contributed by atoms with Gasteiger partial charge in [-0.3, -0.25) is 0 Å². The number of hydrogen-bond acceptors (Lipinski definition) is 1. The molecule has 0 heterocycles. The maximum Gasteiger partial charge on any atom is 0.0596 e. The summed E-state index contributed by atoms with van der Waals surface area (Å²) < 4.78 is 0. The number of hydrogen-bond donors (Lipinski definition) is 1. The molecule has 3 atom stereocenters. The monoisotopic (exact) mass is 213 g/mol. The van der Waals surface area contributed by atoms with Crippen LogP contribution in [0.1, 0.15) is 33.1 Å². The Bertz CT molecular complexity index is 174. The van der Waals surface area contributed by atoms with E-state index in [1.54, 1.807) is 0 Å². The van der Waals surface area contributed by atoms with Crippen LogP contribution in [0.5, 0.6) is 0 Å². The largest absolute Gasteiger partial charge is 0.316 e. The third-order valence-electron chi connectivity index (χ3n) is 3.60. The van der Waals surface area contributed by atoms with E-state index in [9.17, 15) is 0 Å². The first kappa shape index (κ1) is 12.2. The highest BCUT2D eigenvalue weighted by atomic mass is 28.3. The molecule has 0 saturated heterocycles. The Hall–Kier alpha value is 0.177. The number of nitrogens with one attached hydrogen (secondary N) is 1. The summed E-state index contributed by atoms with van der Waals surface area (Å²) in [6, 6.07) is 0.797. The van der Waals surface area contributed by atoms with Gasteiger partial charge in [-0.1, -0.05) is 46.3 Å². The van der Waals surface area contributed by atoms with Gasteiger partial charge in [-0.25, -0.2) is 0 Å². The Balaban J connectivity index is 2.36. The predicted molar refractivity (Wildman–Crippen MR) is 67.3 cm³/mol. The fourth-order valence-corrected chi connectivity index (χ4v) is 3.18. The molecular formula is C12H27NSi. The molecule has 1 aliphatic carbocycles. The van der Waals surface area contributed by atoms with E-state index < -0.39 is 8.07 Å². The summed E-state index contributed by atoms with van der Waals surface area (Å²) in [7, 11) is -0.904. The highest BCUT2D eigenvalue weighted by Crippen LogP contribution is 2.29. The molecule has 0 aromatic heterocycles. The fourth-order valence-electron chi connectivity index (χ4n) is 2.31. The van der Waals surface area contributed by atoms with E-state index in [-0.39, 0.29) is 0 Å². The smallest absolute Gasteiger partial charge is 0.0596 e. The van der Waals surface area contributed by atoms with Crippen molar-refractivity contribution < 1.29 is 0 Å². The average molecular weight is 213 g/mol. The van der Waals surface area contributed by atoms with Gasteiger partial charge in [-0.15, -0.1) is 0 Å². The highest BCUT2D eigenvalue weighted by molar-refractivity contribution is 6.76. The van der Waals surface area contributed by atoms with Crippen molar-refractivity contribution in [3.63, 3.8) is 0 Å². The summed E-state index contributed by atoms with van der Waals surface area (Å²) in [4.78, 5) is 0. The van der Waals surface area contributed by atoms with Gasteiger partial charge in [0.15, 0.2) is 0 Å². The lowest BCUT2D eigenvalue weighted by molar-refractivity contribution is 0.212. The SMILES string of the molecule is CC1CCCC(NC[Si](C)(C)C)C1C. The first-order valence-electron chi connectivity index (χ1n) is 6.13. The Kier molecular flexibility index (Phi) is 4.20. The summed E-state index contributed by atoms with van der Waals surface area (Å²) in [5, 5.41) is 3.80. The van der Waals surface area contributed by atoms with Crippen LogP contribution in [0.3, 0.4) is 0 Å². The van der Waals surface area contributed by atoms with Crippen LogP contribution in [0, 0.1) is 11.8 Å². The van der Waals surface area contributed by atoms with Crippen molar-refractivity contribution in [3.8, 4) is 0 Å². The first-order chi connectivity index (χ1) is 6.40. The molecule has 0 radical (unpaired) electrons. The van der Waals surface area contributed by atoms with Crippen LogP contribution in [-0.4, -0.2) is 20.3 Å². The molecule has 1 saturated carbocycles. The molecule has 0 spiro atoms. The van der Waals surface area contributed by atoms with Gasteiger partial charge in [0.25, 0.3) is 0 Å². The first-order valence-corrected chi connectivity index (χ1v) is 9.84. The van der Waals surface area contributed by atoms with E-state index in [4.69, 9.17) is 0 Å². The van der Waals surface area contributed by atoms with Crippen LogP contribution in [-0.2, 0) is 0 Å². The van der Waals surface area contributed by atoms with Crippen molar-refractivity contribution in [1.82, 2.24) is 5.32 Å². The lowest BCUT2D eigenvalue weighted by Gasteiger charge is -2.36. The lowest BCUT2D eigenvalue weighted by atomic mass is 9.78. The molecule has 2 heteroatoms. The zero-order valence-electron chi connectivity index (χ0n) is 10.6. The third kappa shape index (κ3) is 3.74. The second-order valence-electron chi connectivity index (χ2n) is 6.32. The zero-order valence-corrected chi connectivity index (χ0v) is 11.6. The maximum absolute atomic E-state index is 3.80. The normalized spacial score (nSPS) is 34.5. The molecule has 1 fully saturated rings. The minimum absolute atomic E-state index is 0.797. The third-order valence-corrected chi connectivity index (χ3v) is 4.87. The molecule has 1 nitrogen and oxygen atoms in total. The van der Waals surface area contributed by atoms with Crippen LogP contribution in [0.2, 0.25) is 19.6 Å². The minimum Gasteiger partial charge on any atom is -0.316 e. The molecular weight excluding hydrogens is 186 g/mol. The van der Waals surface area contributed by atoms with Gasteiger partial charge in [0.1, 0.15) is 0 Å². The Morgan fingerprint density at radius 1 is 1.14 bits per heavy atom. The van der Waals surface area contributed by atoms with Gasteiger partial charge in [-0.2, -0.15) is 0 Å². The Morgan fingerprint density at radius 2 is 1.79 bits per heavy atom. The molecule has 14 heavy (non-hydrogen) atoms. The summed E-state index contributed by atoms with van der Waals surface area (Å²) >= 11 is 0. The second-order valence-corrected chi connectivity index (χ2v) is 11.8. The molecule has 3 unspecified atom stereocenters. The predicted octanol–water partition coefficient (Wildman–Crippen LogP) is 3.28. The quantitative estimate of drug-likeness (QED) is 0.710. The lowest BCUT2D eigenvalue weighted by Crippen LogP contribution is -2.47. The summed E-state index contributed by atoms with van der Waals surface area (Å²) in [6.45, 7) is 12.2. The number of rotatable bonds is 3. The summed E-state index contributed by atoms with van der Waals surface area (Å²) in [5.74, 6) is 1.79. The van der Waals surface area contributed by atoms with Crippen molar-refractivity contribution in [3.05, 3.63) is 0 Å². The molecule has 84 valence electrons. The van der Waals surface area contributed by atoms with Gasteiger partial charge in [0.2, 0.25) is 0 Å². The standard InChI is InChI=1S/C12H27NSi/c1-10-7-6-8-12(11(10)2)13-9-14(3,4)5/h10-13H,6-9H2,1-5H3. The zero-order chi connectivity index (χ0) is 10.8. The van der Waals surface area contributed by atoms with Crippen molar-refractivity contribution in [1.29, 1.82) is 0 Å². The van der Waals surface area contributed by atoms with Gasteiger partial charge in [0, 0.05) is 6.04 Å². The van der Waals surface area contributed by atoms with Gasteiger partial charge in [0.05, 0.1) is 8.07 Å². The molecule has 0 amide bonds. The van der Waals surface area contributed by atoms with E-state index >= 15 is 0 Å². The molecule has 1 N–H and O–H groups in total. The van der Waals surface area contributed by atoms with E-state index in [1.807, 2.05) is 0 Å². The van der Waals surface area contributed by atoms with Crippen LogP contribution in [0.25, 0.3) is 0 Å². The maximum atomic E-state index is 3.80. The van der Waals surface area contributed by atoms with Gasteiger partial charge < -0.3 is 5.32 Å². The Morgan fingerprint density at radius 3 is 2.36 bits per heavy atom. The molecule has 0 aromatic rings. The van der Waals surface area contributed by atoms with Crippen LogP contribution < -0.4 is 5.32 Å². The Labute approximate surface area is 90.7 Å². The van der Waals surface area contributed by atoms with Crippen molar-refractivity contribution in [2.45, 2.75) is 58.8 Å². The van der Waals surface area contributed by atoms with Crippen LogP contribution in [0.15, 0.2) is 0 Å². The minimum atomic E-state index is -0.904. The second kappa shape index (κ2) is 4.80. The summed E-state index contributed by atoms with van der Waals surface area (Å²) in [5.41, 5.74) is 0. The highest BCUT2D eigenvalue weighted by Gasteiger charge is 2.27. The van der Waals surface area contributed by atoms with Gasteiger partial charge in [-0.05, 0) is 24.4 Å². The summed E-state index contributed by atoms with van der Waals surface area (Å²) in [6.07, 6.45) is 5.55.